The third-order valence-electron chi connectivity index (χ3n) is 9.15. The van der Waals surface area contributed by atoms with Gasteiger partial charge in [0.05, 0.1) is 18.0 Å². The molecule has 5 heterocycles. The van der Waals surface area contributed by atoms with Gasteiger partial charge in [-0.3, -0.25) is 12.7 Å². The molecule has 0 bridgehead atoms. The summed E-state index contributed by atoms with van der Waals surface area (Å²) in [7, 11) is -1.50. The van der Waals surface area contributed by atoms with Crippen LogP contribution in [0.4, 0.5) is 0 Å². The standard InChI is InChI=1S/C16H15N3OS.C16H13N3OS.C12H13N3O2S2/c2*20-15(13-9-5-2-6-10-13)16-18-17-14(19(16)21)11-12-7-3-1-4-8-12;16-9-19(6-1-2-7-19)12-13-11(14-15-12)18-8-10-4-3-5-17-10/h1-10,15,20-21H,11H2;1-10,21H,11H2;1-7,16H,8-9H2,(H,13,14,15)/t15-;;/m0../s1. The van der Waals surface area contributed by atoms with E-state index in [1.165, 1.54) is 15.7 Å². The SMILES string of the molecule is O=C(c1ccccc1)c1nnc(Cc2ccccc2)n1S.OCS1(c2nnc(SCc3ccco3)[nH]2)C=CC=C1.O[C@@H](c1ccccc1)c1nnc(Cc2ccccc2)n1S. The van der Waals surface area contributed by atoms with Crippen molar-refractivity contribution in [3.8, 4) is 0 Å². The summed E-state index contributed by atoms with van der Waals surface area (Å²) in [5, 5.41) is 50.0. The minimum atomic E-state index is -1.50. The van der Waals surface area contributed by atoms with Gasteiger partial charge in [0.1, 0.15) is 23.5 Å². The Hall–Kier alpha value is -5.95. The summed E-state index contributed by atoms with van der Waals surface area (Å²) in [6, 6.07) is 42.0. The zero-order chi connectivity index (χ0) is 42.4. The number of thiol groups is 2. The Bertz CT molecular complexity index is 2640. The lowest BCUT2D eigenvalue weighted by Gasteiger charge is -2.24. The molecule has 4 aromatic carbocycles. The largest absolute Gasteiger partial charge is 0.468 e. The zero-order valence-electron chi connectivity index (χ0n) is 32.5. The second-order valence-corrected chi connectivity index (χ2v) is 18.0. The number of carbonyl (C=O) groups excluding carboxylic acids is 1. The maximum absolute atomic E-state index is 12.4. The summed E-state index contributed by atoms with van der Waals surface area (Å²) in [5.41, 5.74) is 3.57. The molecule has 0 unspecified atom stereocenters. The minimum Gasteiger partial charge on any atom is -0.468 e. The van der Waals surface area contributed by atoms with Gasteiger partial charge in [-0.1, -0.05) is 171 Å². The summed E-state index contributed by atoms with van der Waals surface area (Å²) >= 11 is 10.3. The van der Waals surface area contributed by atoms with Crippen molar-refractivity contribution in [3.05, 3.63) is 214 Å². The van der Waals surface area contributed by atoms with E-state index >= 15 is 0 Å². The van der Waals surface area contributed by atoms with Crippen LogP contribution in [0.2, 0.25) is 0 Å². The lowest BCUT2D eigenvalue weighted by atomic mass is 10.1. The molecular weight excluding hydrogens is 847 g/mol. The molecule has 61 heavy (non-hydrogen) atoms. The molecule has 310 valence electrons. The van der Waals surface area contributed by atoms with E-state index in [0.717, 1.165) is 32.8 Å². The smallest absolute Gasteiger partial charge is 0.231 e. The average Bonchev–Trinajstić information content (AvgIpc) is 4.18. The Morgan fingerprint density at radius 3 is 1.87 bits per heavy atom. The van der Waals surface area contributed by atoms with Crippen LogP contribution in [0.15, 0.2) is 177 Å². The normalized spacial score (nSPS) is 13.4. The maximum atomic E-state index is 12.4. The highest BCUT2D eigenvalue weighted by atomic mass is 32.3. The number of aromatic amines is 1. The van der Waals surface area contributed by atoms with Crippen LogP contribution in [0.1, 0.15) is 62.2 Å². The van der Waals surface area contributed by atoms with E-state index in [4.69, 9.17) is 4.42 Å². The van der Waals surface area contributed by atoms with Crippen LogP contribution < -0.4 is 0 Å². The molecule has 1 aliphatic rings. The van der Waals surface area contributed by atoms with Crippen molar-refractivity contribution in [1.29, 1.82) is 0 Å². The van der Waals surface area contributed by atoms with E-state index in [1.54, 1.807) is 22.4 Å². The molecule has 17 heteroatoms. The van der Waals surface area contributed by atoms with Crippen LogP contribution in [0.25, 0.3) is 0 Å². The predicted octanol–water partition coefficient (Wildman–Crippen LogP) is 8.28. The molecule has 4 aromatic heterocycles. The number of aliphatic hydroxyl groups is 2. The fourth-order valence-electron chi connectivity index (χ4n) is 5.93. The molecule has 8 aromatic rings. The van der Waals surface area contributed by atoms with Crippen molar-refractivity contribution < 1.29 is 19.4 Å². The molecule has 0 radical (unpaired) electrons. The molecule has 9 rings (SSSR count). The van der Waals surface area contributed by atoms with Gasteiger partial charge in [-0.15, -0.1) is 40.6 Å². The van der Waals surface area contributed by atoms with Gasteiger partial charge in [-0.25, -0.2) is 0 Å². The van der Waals surface area contributed by atoms with Crippen molar-refractivity contribution in [1.82, 2.24) is 43.5 Å². The highest BCUT2D eigenvalue weighted by Crippen LogP contribution is 2.58. The van der Waals surface area contributed by atoms with E-state index in [1.807, 2.05) is 144 Å². The molecule has 0 aliphatic carbocycles. The zero-order valence-corrected chi connectivity index (χ0v) is 35.9. The van der Waals surface area contributed by atoms with Crippen molar-refractivity contribution in [2.24, 2.45) is 0 Å². The Morgan fingerprint density at radius 1 is 0.705 bits per heavy atom. The van der Waals surface area contributed by atoms with Gasteiger partial charge < -0.3 is 19.6 Å². The Morgan fingerprint density at radius 2 is 1.28 bits per heavy atom. The van der Waals surface area contributed by atoms with Crippen LogP contribution in [0, 0.1) is 0 Å². The lowest BCUT2D eigenvalue weighted by Crippen LogP contribution is -2.08. The minimum absolute atomic E-state index is 0.0531. The van der Waals surface area contributed by atoms with Crippen LogP contribution in [0.5, 0.6) is 0 Å². The van der Waals surface area contributed by atoms with Crippen molar-refractivity contribution >= 4 is 53.2 Å². The van der Waals surface area contributed by atoms with Gasteiger partial charge >= 0.3 is 0 Å². The van der Waals surface area contributed by atoms with E-state index in [0.29, 0.717) is 41.6 Å². The topological polar surface area (TPSA) is 174 Å². The van der Waals surface area contributed by atoms with Crippen molar-refractivity contribution in [3.63, 3.8) is 0 Å². The summed E-state index contributed by atoms with van der Waals surface area (Å²) in [6.07, 6.45) is 5.90. The third-order valence-corrected chi connectivity index (χ3v) is 13.5. The number of ketones is 1. The molecule has 1 aliphatic heterocycles. The number of hydrogen-bond acceptors (Lipinski definition) is 13. The number of nitrogens with one attached hydrogen (secondary N) is 1. The third kappa shape index (κ3) is 11.1. The maximum Gasteiger partial charge on any atom is 0.231 e. The predicted molar refractivity (Wildman–Crippen MR) is 244 cm³/mol. The highest BCUT2D eigenvalue weighted by molar-refractivity contribution is 8.38. The van der Waals surface area contributed by atoms with Gasteiger partial charge in [0.2, 0.25) is 11.6 Å². The monoisotopic (exact) mass is 887 g/mol. The van der Waals surface area contributed by atoms with Crippen LogP contribution in [-0.4, -0.2) is 65.5 Å². The Kier molecular flexibility index (Phi) is 14.9. The molecule has 1 atom stereocenters. The molecule has 13 nitrogen and oxygen atoms in total. The number of allylic oxidation sites excluding steroid dienone is 2. The first-order chi connectivity index (χ1) is 29.8. The van der Waals surface area contributed by atoms with E-state index in [-0.39, 0.29) is 17.5 Å². The van der Waals surface area contributed by atoms with E-state index < -0.39 is 16.1 Å². The number of hydrogen-bond donors (Lipinski definition) is 5. The Labute approximate surface area is 369 Å². The molecule has 0 saturated heterocycles. The quantitative estimate of drug-likeness (QED) is 0.0429. The first-order valence-electron chi connectivity index (χ1n) is 18.9. The summed E-state index contributed by atoms with van der Waals surface area (Å²) in [5.74, 6) is 3.47. The van der Waals surface area contributed by atoms with Gasteiger partial charge in [0, 0.05) is 18.4 Å². The highest BCUT2D eigenvalue weighted by Gasteiger charge is 2.26. The molecule has 0 amide bonds. The molecule has 0 saturated carbocycles. The van der Waals surface area contributed by atoms with Crippen LogP contribution in [0.3, 0.4) is 0 Å². The van der Waals surface area contributed by atoms with Crippen molar-refractivity contribution in [2.45, 2.75) is 35.0 Å². The van der Waals surface area contributed by atoms with Gasteiger partial charge in [0.15, 0.2) is 16.1 Å². The number of benzene rings is 4. The number of aliphatic hydroxyl groups excluding tert-OH is 2. The lowest BCUT2D eigenvalue weighted by molar-refractivity contribution is 0.102. The fourth-order valence-corrected chi connectivity index (χ4v) is 9.07. The van der Waals surface area contributed by atoms with Crippen LogP contribution in [-0.2, 0) is 18.6 Å². The summed E-state index contributed by atoms with van der Waals surface area (Å²) in [4.78, 5) is 15.5. The number of carbonyl (C=O) groups is 1. The number of H-pyrrole nitrogens is 1. The first-order valence-corrected chi connectivity index (χ1v) is 22.6. The van der Waals surface area contributed by atoms with E-state index in [9.17, 15) is 15.0 Å². The molecule has 3 N–H and O–H groups in total. The van der Waals surface area contributed by atoms with Gasteiger partial charge in [-0.2, -0.15) is 0 Å². The Balaban J connectivity index is 0.000000138. The fraction of sp³-hybridized carbons (Fsp3) is 0.114. The molecule has 0 spiro atoms. The second kappa shape index (κ2) is 21.0. The van der Waals surface area contributed by atoms with Crippen molar-refractivity contribution in [2.75, 3.05) is 5.94 Å². The number of nitrogens with zero attached hydrogens (tertiary/aromatic N) is 8. The number of rotatable bonds is 13. The number of thioether (sulfide) groups is 1. The first kappa shape index (κ1) is 43.1. The second-order valence-electron chi connectivity index (χ2n) is 13.3. The molecule has 0 fully saturated rings. The number of aromatic nitrogens is 9. The summed E-state index contributed by atoms with van der Waals surface area (Å²) < 4.78 is 8.28. The average molecular weight is 888 g/mol. The van der Waals surface area contributed by atoms with Crippen LogP contribution >= 0.6 is 47.4 Å². The van der Waals surface area contributed by atoms with Gasteiger partial charge in [0.25, 0.3) is 0 Å². The number of furan rings is 1. The summed E-state index contributed by atoms with van der Waals surface area (Å²) in [6.45, 7) is 0. The van der Waals surface area contributed by atoms with Gasteiger partial charge in [-0.05, 0) is 39.6 Å². The molecular formula is C44H41N9O4S4. The van der Waals surface area contributed by atoms with E-state index in [2.05, 4.69) is 61.2 Å².